The molecule has 15 heavy (non-hydrogen) atoms. The largest absolute Gasteiger partial charge is 0.491 e. The zero-order chi connectivity index (χ0) is 10.5. The van der Waals surface area contributed by atoms with Crippen LogP contribution in [0.1, 0.15) is 5.56 Å². The van der Waals surface area contributed by atoms with Gasteiger partial charge in [-0.15, -0.1) is 0 Å². The lowest BCUT2D eigenvalue weighted by atomic mass is 10.2. The van der Waals surface area contributed by atoms with Gasteiger partial charge in [-0.2, -0.15) is 0 Å². The van der Waals surface area contributed by atoms with Crippen LogP contribution in [0.2, 0.25) is 0 Å². The van der Waals surface area contributed by atoms with Gasteiger partial charge in [0.1, 0.15) is 18.5 Å². The Morgan fingerprint density at radius 3 is 2.73 bits per heavy atom. The Kier molecular flexibility index (Phi) is 3.20. The molecule has 1 aromatic carbocycles. The minimum absolute atomic E-state index is 0.310. The molecule has 0 N–H and O–H groups in total. The van der Waals surface area contributed by atoms with E-state index >= 15 is 0 Å². The van der Waals surface area contributed by atoms with Gasteiger partial charge in [0, 0.05) is 0 Å². The molecule has 0 amide bonds. The van der Waals surface area contributed by atoms with Crippen LogP contribution >= 0.6 is 0 Å². The van der Waals surface area contributed by atoms with Crippen LogP contribution in [0.15, 0.2) is 43.0 Å². The summed E-state index contributed by atoms with van der Waals surface area (Å²) in [6.45, 7) is 5.11. The molecule has 1 fully saturated rings. The van der Waals surface area contributed by atoms with Gasteiger partial charge in [-0.1, -0.05) is 36.9 Å². The zero-order valence-electron chi connectivity index (χ0n) is 8.56. The van der Waals surface area contributed by atoms with E-state index in [0.29, 0.717) is 12.7 Å². The maximum atomic E-state index is 5.52. The maximum absolute atomic E-state index is 5.52. The van der Waals surface area contributed by atoms with E-state index in [9.17, 15) is 0 Å². The molecule has 2 nitrogen and oxygen atoms in total. The fourth-order valence-electron chi connectivity index (χ4n) is 1.21. The Morgan fingerprint density at radius 1 is 1.40 bits per heavy atom. The standard InChI is InChI=1S/C13H14O2/c1-2-3-4-11-5-7-12(8-6-11)14-9-13-10-15-13/h2-8,13H,1,9-10H2. The van der Waals surface area contributed by atoms with Crippen LogP contribution in [0.5, 0.6) is 5.75 Å². The van der Waals surface area contributed by atoms with Gasteiger partial charge in [-0.3, -0.25) is 0 Å². The van der Waals surface area contributed by atoms with Crippen molar-refractivity contribution in [2.24, 2.45) is 0 Å². The van der Waals surface area contributed by atoms with Crippen molar-refractivity contribution in [1.29, 1.82) is 0 Å². The van der Waals surface area contributed by atoms with Crippen LogP contribution in [0.3, 0.4) is 0 Å². The molecule has 1 saturated heterocycles. The Bertz CT molecular complexity index is 347. The van der Waals surface area contributed by atoms with Gasteiger partial charge < -0.3 is 9.47 Å². The third-order valence-electron chi connectivity index (χ3n) is 2.14. The van der Waals surface area contributed by atoms with Crippen LogP contribution in [0.4, 0.5) is 0 Å². The molecule has 1 aliphatic heterocycles. The Labute approximate surface area is 89.8 Å². The van der Waals surface area contributed by atoms with E-state index in [2.05, 4.69) is 6.58 Å². The maximum Gasteiger partial charge on any atom is 0.119 e. The second-order valence-corrected chi connectivity index (χ2v) is 3.43. The number of hydrogen-bond donors (Lipinski definition) is 0. The molecule has 0 bridgehead atoms. The molecule has 78 valence electrons. The van der Waals surface area contributed by atoms with E-state index in [4.69, 9.17) is 9.47 Å². The first-order chi connectivity index (χ1) is 7.38. The predicted octanol–water partition coefficient (Wildman–Crippen LogP) is 2.66. The van der Waals surface area contributed by atoms with Crippen molar-refractivity contribution in [2.45, 2.75) is 6.10 Å². The first-order valence-corrected chi connectivity index (χ1v) is 5.02. The first kappa shape index (κ1) is 9.99. The summed E-state index contributed by atoms with van der Waals surface area (Å²) in [7, 11) is 0. The number of hydrogen-bond acceptors (Lipinski definition) is 2. The van der Waals surface area contributed by atoms with Gasteiger partial charge in [0.2, 0.25) is 0 Å². The molecule has 0 saturated carbocycles. The smallest absolute Gasteiger partial charge is 0.119 e. The lowest BCUT2D eigenvalue weighted by Gasteiger charge is -2.03. The third-order valence-corrected chi connectivity index (χ3v) is 2.14. The van der Waals surface area contributed by atoms with Crippen LogP contribution in [-0.4, -0.2) is 19.3 Å². The molecule has 1 atom stereocenters. The average Bonchev–Trinajstić information content (AvgIpc) is 3.09. The molecule has 0 spiro atoms. The Balaban J connectivity index is 1.90. The van der Waals surface area contributed by atoms with Crippen molar-refractivity contribution in [3.05, 3.63) is 48.6 Å². The molecular formula is C13H14O2. The summed E-state index contributed by atoms with van der Waals surface area (Å²) in [6.07, 6.45) is 5.98. The number of epoxide rings is 1. The highest BCUT2D eigenvalue weighted by molar-refractivity contribution is 5.51. The van der Waals surface area contributed by atoms with Gasteiger partial charge in [0.15, 0.2) is 0 Å². The first-order valence-electron chi connectivity index (χ1n) is 5.02. The molecule has 2 heteroatoms. The molecule has 1 unspecified atom stereocenters. The second-order valence-electron chi connectivity index (χ2n) is 3.43. The summed E-state index contributed by atoms with van der Waals surface area (Å²) >= 11 is 0. The van der Waals surface area contributed by atoms with E-state index in [0.717, 1.165) is 17.9 Å². The highest BCUT2D eigenvalue weighted by Crippen LogP contribution is 2.16. The summed E-state index contributed by atoms with van der Waals surface area (Å²) < 4.78 is 10.6. The third kappa shape index (κ3) is 3.26. The minimum atomic E-state index is 0.310. The highest BCUT2D eigenvalue weighted by atomic mass is 16.6. The molecule has 2 rings (SSSR count). The molecule has 1 heterocycles. The van der Waals surface area contributed by atoms with E-state index in [1.165, 1.54) is 0 Å². The fourth-order valence-corrected chi connectivity index (χ4v) is 1.21. The van der Waals surface area contributed by atoms with Crippen molar-refractivity contribution in [1.82, 2.24) is 0 Å². The van der Waals surface area contributed by atoms with Crippen molar-refractivity contribution < 1.29 is 9.47 Å². The number of allylic oxidation sites excluding steroid dienone is 2. The van der Waals surface area contributed by atoms with Gasteiger partial charge in [0.25, 0.3) is 0 Å². The predicted molar refractivity (Wildman–Crippen MR) is 60.9 cm³/mol. The molecule has 0 aliphatic carbocycles. The lowest BCUT2D eigenvalue weighted by molar-refractivity contribution is 0.263. The Hall–Kier alpha value is -1.54. The highest BCUT2D eigenvalue weighted by Gasteiger charge is 2.22. The van der Waals surface area contributed by atoms with Gasteiger partial charge in [0.05, 0.1) is 6.61 Å². The molecular weight excluding hydrogens is 188 g/mol. The summed E-state index contributed by atoms with van der Waals surface area (Å²) in [4.78, 5) is 0. The quantitative estimate of drug-likeness (QED) is 0.541. The normalized spacial score (nSPS) is 19.1. The van der Waals surface area contributed by atoms with Gasteiger partial charge >= 0.3 is 0 Å². The second kappa shape index (κ2) is 4.80. The van der Waals surface area contributed by atoms with E-state index < -0.39 is 0 Å². The van der Waals surface area contributed by atoms with Crippen LogP contribution in [0.25, 0.3) is 6.08 Å². The van der Waals surface area contributed by atoms with E-state index in [-0.39, 0.29) is 0 Å². The number of benzene rings is 1. The molecule has 1 aromatic rings. The number of rotatable bonds is 5. The Morgan fingerprint density at radius 2 is 2.13 bits per heavy atom. The van der Waals surface area contributed by atoms with Crippen LogP contribution in [0, 0.1) is 0 Å². The van der Waals surface area contributed by atoms with Crippen LogP contribution in [-0.2, 0) is 4.74 Å². The molecule has 1 aliphatic rings. The van der Waals surface area contributed by atoms with E-state index in [1.54, 1.807) is 6.08 Å². The SMILES string of the molecule is C=CC=Cc1ccc(OCC2CO2)cc1. The van der Waals surface area contributed by atoms with Crippen LogP contribution < -0.4 is 4.74 Å². The van der Waals surface area contributed by atoms with Crippen molar-refractivity contribution >= 4 is 6.08 Å². The summed E-state index contributed by atoms with van der Waals surface area (Å²) in [5.41, 5.74) is 1.14. The molecule has 0 radical (unpaired) electrons. The van der Waals surface area contributed by atoms with Gasteiger partial charge in [-0.05, 0) is 17.7 Å². The molecule has 0 aromatic heterocycles. The average molecular weight is 202 g/mol. The number of ether oxygens (including phenoxy) is 2. The fraction of sp³-hybridized carbons (Fsp3) is 0.231. The lowest BCUT2D eigenvalue weighted by Crippen LogP contribution is -2.03. The summed E-state index contributed by atoms with van der Waals surface area (Å²) in [5.74, 6) is 0.890. The van der Waals surface area contributed by atoms with E-state index in [1.807, 2.05) is 36.4 Å². The van der Waals surface area contributed by atoms with Crippen molar-refractivity contribution in [2.75, 3.05) is 13.2 Å². The summed E-state index contributed by atoms with van der Waals surface area (Å²) in [5, 5.41) is 0. The van der Waals surface area contributed by atoms with Crippen molar-refractivity contribution in [3.8, 4) is 5.75 Å². The minimum Gasteiger partial charge on any atom is -0.491 e. The topological polar surface area (TPSA) is 21.8 Å². The van der Waals surface area contributed by atoms with Crippen molar-refractivity contribution in [3.63, 3.8) is 0 Å². The summed E-state index contributed by atoms with van der Waals surface area (Å²) in [6, 6.07) is 7.96. The monoisotopic (exact) mass is 202 g/mol. The zero-order valence-corrected chi connectivity index (χ0v) is 8.56. The van der Waals surface area contributed by atoms with Gasteiger partial charge in [-0.25, -0.2) is 0 Å².